The van der Waals surface area contributed by atoms with E-state index in [0.29, 0.717) is 12.2 Å². The maximum Gasteiger partial charge on any atom is 0.356 e. The number of benzene rings is 1. The summed E-state index contributed by atoms with van der Waals surface area (Å²) in [5.74, 6) is -1.05. The first-order valence-electron chi connectivity index (χ1n) is 6.50. The fraction of sp³-hybridized carbons (Fsp3) is 0.0625. The predicted octanol–water partition coefficient (Wildman–Crippen LogP) is 2.94. The summed E-state index contributed by atoms with van der Waals surface area (Å²) >= 11 is 0. The molecule has 1 aromatic carbocycles. The molecule has 5 nitrogen and oxygen atoms in total. The number of hydrogen-bond donors (Lipinski definition) is 2. The lowest BCUT2D eigenvalue weighted by atomic mass is 10.1. The van der Waals surface area contributed by atoms with Crippen molar-refractivity contribution in [2.75, 3.05) is 5.32 Å². The highest BCUT2D eigenvalue weighted by Crippen LogP contribution is 2.18. The summed E-state index contributed by atoms with van der Waals surface area (Å²) < 4.78 is 0. The molecule has 0 aliphatic carbocycles. The van der Waals surface area contributed by atoms with Crippen LogP contribution in [0.1, 0.15) is 16.1 Å². The minimum Gasteiger partial charge on any atom is -0.476 e. The molecule has 0 unspecified atom stereocenters. The van der Waals surface area contributed by atoms with Gasteiger partial charge in [-0.25, -0.2) is 9.78 Å². The molecule has 0 aliphatic rings. The van der Waals surface area contributed by atoms with Gasteiger partial charge in [-0.3, -0.25) is 4.98 Å². The van der Waals surface area contributed by atoms with Crippen molar-refractivity contribution >= 4 is 22.6 Å². The van der Waals surface area contributed by atoms with E-state index in [-0.39, 0.29) is 5.69 Å². The number of carbonyl (C=O) groups is 1. The highest BCUT2D eigenvalue weighted by molar-refractivity contribution is 5.92. The number of nitrogens with zero attached hydrogens (tertiary/aromatic N) is 2. The highest BCUT2D eigenvalue weighted by atomic mass is 16.4. The molecule has 2 aromatic heterocycles. The number of carboxylic acid groups (broad SMARTS) is 1. The molecule has 0 fully saturated rings. The van der Waals surface area contributed by atoms with Gasteiger partial charge >= 0.3 is 5.97 Å². The van der Waals surface area contributed by atoms with Crippen LogP contribution in [-0.2, 0) is 6.54 Å². The number of anilines is 1. The van der Waals surface area contributed by atoms with Crippen molar-refractivity contribution in [1.29, 1.82) is 0 Å². The number of fused-ring (bicyclic) bond motifs is 1. The molecule has 0 radical (unpaired) electrons. The summed E-state index contributed by atoms with van der Waals surface area (Å²) in [7, 11) is 0. The maximum absolute atomic E-state index is 11.1. The Morgan fingerprint density at radius 2 is 1.81 bits per heavy atom. The summed E-state index contributed by atoms with van der Waals surface area (Å²) in [6.07, 6.45) is 3.21. The van der Waals surface area contributed by atoms with Crippen LogP contribution >= 0.6 is 0 Å². The number of pyridine rings is 2. The van der Waals surface area contributed by atoms with E-state index in [1.165, 1.54) is 6.20 Å². The lowest BCUT2D eigenvalue weighted by Crippen LogP contribution is -2.08. The molecular weight excluding hydrogens is 266 g/mol. The molecule has 0 amide bonds. The van der Waals surface area contributed by atoms with E-state index in [0.717, 1.165) is 16.5 Å². The zero-order valence-corrected chi connectivity index (χ0v) is 11.2. The van der Waals surface area contributed by atoms with Crippen LogP contribution in [0.15, 0.2) is 54.9 Å². The molecular formula is C16H13N3O2. The second kappa shape index (κ2) is 5.58. The van der Waals surface area contributed by atoms with Gasteiger partial charge in [-0.05, 0) is 23.8 Å². The number of aromatic carboxylic acids is 1. The topological polar surface area (TPSA) is 75.1 Å². The Kier molecular flexibility index (Phi) is 3.47. The Labute approximate surface area is 121 Å². The van der Waals surface area contributed by atoms with Crippen LogP contribution in [0.2, 0.25) is 0 Å². The number of para-hydroxylation sites is 1. The van der Waals surface area contributed by atoms with Crippen LogP contribution < -0.4 is 5.32 Å². The normalized spacial score (nSPS) is 10.5. The fourth-order valence-corrected chi connectivity index (χ4v) is 2.22. The monoisotopic (exact) mass is 279 g/mol. The van der Waals surface area contributed by atoms with Crippen molar-refractivity contribution in [1.82, 2.24) is 9.97 Å². The lowest BCUT2D eigenvalue weighted by Gasteiger charge is -2.10. The van der Waals surface area contributed by atoms with Gasteiger partial charge in [0.05, 0.1) is 11.2 Å². The average molecular weight is 279 g/mol. The van der Waals surface area contributed by atoms with E-state index in [2.05, 4.69) is 15.3 Å². The summed E-state index contributed by atoms with van der Waals surface area (Å²) in [6, 6.07) is 13.2. The minimum absolute atomic E-state index is 0.0192. The van der Waals surface area contributed by atoms with E-state index in [9.17, 15) is 4.79 Å². The van der Waals surface area contributed by atoms with Crippen molar-refractivity contribution in [2.45, 2.75) is 6.54 Å². The quantitative estimate of drug-likeness (QED) is 0.768. The van der Waals surface area contributed by atoms with Gasteiger partial charge in [0, 0.05) is 24.3 Å². The number of hydrogen-bond acceptors (Lipinski definition) is 4. The van der Waals surface area contributed by atoms with E-state index in [1.807, 2.05) is 30.3 Å². The first-order chi connectivity index (χ1) is 10.3. The molecule has 21 heavy (non-hydrogen) atoms. The average Bonchev–Trinajstić information content (AvgIpc) is 2.53. The largest absolute Gasteiger partial charge is 0.476 e. The molecule has 0 saturated carbocycles. The van der Waals surface area contributed by atoms with E-state index < -0.39 is 5.97 Å². The van der Waals surface area contributed by atoms with Gasteiger partial charge in [-0.2, -0.15) is 0 Å². The third-order valence-corrected chi connectivity index (χ3v) is 3.20. The van der Waals surface area contributed by atoms with Gasteiger partial charge in [0.15, 0.2) is 5.69 Å². The third kappa shape index (κ3) is 2.67. The molecule has 0 bridgehead atoms. The predicted molar refractivity (Wildman–Crippen MR) is 80.3 cm³/mol. The summed E-state index contributed by atoms with van der Waals surface area (Å²) in [5.41, 5.74) is 2.44. The third-order valence-electron chi connectivity index (χ3n) is 3.20. The second-order valence-corrected chi connectivity index (χ2v) is 4.55. The van der Waals surface area contributed by atoms with Gasteiger partial charge in [0.1, 0.15) is 0 Å². The van der Waals surface area contributed by atoms with Crippen LogP contribution in [-0.4, -0.2) is 21.0 Å². The molecule has 3 aromatic rings. The first kappa shape index (κ1) is 13.1. The number of rotatable bonds is 4. The Hall–Kier alpha value is -2.95. The van der Waals surface area contributed by atoms with Crippen LogP contribution in [0.4, 0.5) is 5.69 Å². The van der Waals surface area contributed by atoms with Crippen LogP contribution in [0.25, 0.3) is 10.9 Å². The Balaban J connectivity index is 1.89. The van der Waals surface area contributed by atoms with Crippen LogP contribution in [0, 0.1) is 0 Å². The zero-order chi connectivity index (χ0) is 14.7. The van der Waals surface area contributed by atoms with E-state index in [4.69, 9.17) is 5.11 Å². The molecule has 5 heteroatoms. The number of aromatic nitrogens is 2. The SMILES string of the molecule is O=C(O)c1ncccc1NCc1cccc2cccnc12. The van der Waals surface area contributed by atoms with Crippen molar-refractivity contribution in [2.24, 2.45) is 0 Å². The van der Waals surface area contributed by atoms with Gasteiger partial charge in [0.2, 0.25) is 0 Å². The Bertz CT molecular complexity index is 797. The first-order valence-corrected chi connectivity index (χ1v) is 6.50. The standard InChI is InChI=1S/C16H13N3O2/c20-16(21)15-13(7-3-9-18-15)19-10-12-5-1-4-11-6-2-8-17-14(11)12/h1-9,19H,10H2,(H,20,21). The van der Waals surface area contributed by atoms with Crippen LogP contribution in [0.3, 0.4) is 0 Å². The maximum atomic E-state index is 11.1. The van der Waals surface area contributed by atoms with Crippen molar-refractivity contribution < 1.29 is 9.90 Å². The molecule has 3 rings (SSSR count). The molecule has 0 saturated heterocycles. The summed E-state index contributed by atoms with van der Waals surface area (Å²) in [6.45, 7) is 0.486. The molecule has 0 aliphatic heterocycles. The summed E-state index contributed by atoms with van der Waals surface area (Å²) in [4.78, 5) is 19.4. The van der Waals surface area contributed by atoms with Crippen LogP contribution in [0.5, 0.6) is 0 Å². The lowest BCUT2D eigenvalue weighted by molar-refractivity contribution is 0.0691. The van der Waals surface area contributed by atoms with E-state index >= 15 is 0 Å². The fourth-order valence-electron chi connectivity index (χ4n) is 2.22. The van der Waals surface area contributed by atoms with Gasteiger partial charge in [0.25, 0.3) is 0 Å². The molecule has 104 valence electrons. The van der Waals surface area contributed by atoms with E-state index in [1.54, 1.807) is 18.3 Å². The van der Waals surface area contributed by atoms with Gasteiger partial charge in [-0.15, -0.1) is 0 Å². The smallest absolute Gasteiger partial charge is 0.356 e. The Morgan fingerprint density at radius 3 is 2.67 bits per heavy atom. The highest BCUT2D eigenvalue weighted by Gasteiger charge is 2.11. The molecule has 0 atom stereocenters. The van der Waals surface area contributed by atoms with Crippen molar-refractivity contribution in [3.63, 3.8) is 0 Å². The molecule has 2 heterocycles. The minimum atomic E-state index is -1.05. The van der Waals surface area contributed by atoms with Gasteiger partial charge < -0.3 is 10.4 Å². The second-order valence-electron chi connectivity index (χ2n) is 4.55. The van der Waals surface area contributed by atoms with Gasteiger partial charge in [-0.1, -0.05) is 24.3 Å². The number of carboxylic acids is 1. The summed E-state index contributed by atoms with van der Waals surface area (Å²) in [5, 5.41) is 13.3. The van der Waals surface area contributed by atoms with Crippen molar-refractivity contribution in [3.05, 3.63) is 66.1 Å². The van der Waals surface area contributed by atoms with Crippen molar-refractivity contribution in [3.8, 4) is 0 Å². The number of nitrogens with one attached hydrogen (secondary N) is 1. The Morgan fingerprint density at radius 1 is 1.05 bits per heavy atom. The zero-order valence-electron chi connectivity index (χ0n) is 11.2. The molecule has 0 spiro atoms. The molecule has 2 N–H and O–H groups in total.